The van der Waals surface area contributed by atoms with E-state index in [4.69, 9.17) is 22.9 Å². The summed E-state index contributed by atoms with van der Waals surface area (Å²) < 4.78 is 0. The summed E-state index contributed by atoms with van der Waals surface area (Å²) in [5.41, 5.74) is 23.4. The van der Waals surface area contributed by atoms with Crippen molar-refractivity contribution in [1.82, 2.24) is 51.5 Å². The maximum absolute atomic E-state index is 14.7. The van der Waals surface area contributed by atoms with Gasteiger partial charge in [0.25, 0.3) is 0 Å². The summed E-state index contributed by atoms with van der Waals surface area (Å²) in [6.45, 7) is -1.12. The molecule has 434 valence electrons. The van der Waals surface area contributed by atoms with Crippen molar-refractivity contribution in [2.75, 3.05) is 77.0 Å². The average Bonchev–Trinajstić information content (AvgIpc) is 4.15. The third kappa shape index (κ3) is 19.0. The number of guanidine groups is 2. The Bertz CT molecular complexity index is 2400. The van der Waals surface area contributed by atoms with Gasteiger partial charge < -0.3 is 74.4 Å². The Hall–Kier alpha value is -7.62. The number of amides is 10. The van der Waals surface area contributed by atoms with Crippen LogP contribution in [0.4, 0.5) is 0 Å². The SMILES string of the molecule is NC(N)=NCCC[C@@H]1NC(=O)CNC(=O)CN(CCSSCCN2CC(=O)NCC(=O)N[C@@H](CCCN=C(N)N)C(=O)N3CCC[C@H]3C(=O)N[C@@H](Cc3ccccc3)C2=O)C(=O)[C@H](Cc2ccccc2)NC(=O)[C@@H]2CCCN2C1=O. The van der Waals surface area contributed by atoms with Gasteiger partial charge in [-0.15, -0.1) is 0 Å². The maximum atomic E-state index is 14.7. The molecule has 0 spiro atoms. The van der Waals surface area contributed by atoms with E-state index in [1.165, 1.54) is 41.2 Å². The average molecular weight is 1150 g/mol. The molecule has 0 radical (unpaired) electrons. The minimum Gasteiger partial charge on any atom is -0.370 e. The minimum absolute atomic E-state index is 0.000700. The highest BCUT2D eigenvalue weighted by Crippen LogP contribution is 2.25. The Morgan fingerprint density at radius 1 is 0.500 bits per heavy atom. The number of benzene rings is 2. The molecule has 0 saturated carbocycles. The van der Waals surface area contributed by atoms with Gasteiger partial charge in [-0.25, -0.2) is 0 Å². The summed E-state index contributed by atoms with van der Waals surface area (Å²) in [4.78, 5) is 153. The predicted molar refractivity (Wildman–Crippen MR) is 301 cm³/mol. The molecule has 6 rings (SSSR count). The van der Waals surface area contributed by atoms with E-state index in [0.29, 0.717) is 38.5 Å². The second-order valence-corrected chi connectivity index (χ2v) is 22.4. The molecule has 4 saturated heterocycles. The molecule has 0 unspecified atom stereocenters. The first kappa shape index (κ1) is 61.6. The normalized spacial score (nSPS) is 23.1. The highest BCUT2D eigenvalue weighted by atomic mass is 33.1. The zero-order valence-electron chi connectivity index (χ0n) is 44.7. The van der Waals surface area contributed by atoms with Crippen LogP contribution in [-0.4, -0.2) is 204 Å². The van der Waals surface area contributed by atoms with Crippen molar-refractivity contribution >= 4 is 92.6 Å². The lowest BCUT2D eigenvalue weighted by Crippen LogP contribution is -2.57. The summed E-state index contributed by atoms with van der Waals surface area (Å²) in [7, 11) is 2.63. The molecule has 4 aliphatic rings. The van der Waals surface area contributed by atoms with Gasteiger partial charge in [0.2, 0.25) is 59.1 Å². The summed E-state index contributed by atoms with van der Waals surface area (Å²) in [6, 6.07) is 11.7. The summed E-state index contributed by atoms with van der Waals surface area (Å²) in [6.07, 6.45) is 2.70. The van der Waals surface area contributed by atoms with E-state index in [9.17, 15) is 47.9 Å². The largest absolute Gasteiger partial charge is 0.370 e. The van der Waals surface area contributed by atoms with Crippen LogP contribution in [0.2, 0.25) is 0 Å². The fraction of sp³-hybridized carbons (Fsp3) is 0.538. The Labute approximate surface area is 472 Å². The lowest BCUT2D eigenvalue weighted by molar-refractivity contribution is -0.143. The number of nitrogens with zero attached hydrogens (tertiary/aromatic N) is 6. The molecule has 2 aromatic rings. The van der Waals surface area contributed by atoms with Gasteiger partial charge in [0.05, 0.1) is 26.2 Å². The Kier molecular flexibility index (Phi) is 24.1. The molecule has 6 atom stereocenters. The molecular weight excluding hydrogens is 1070 g/mol. The van der Waals surface area contributed by atoms with E-state index in [1.807, 2.05) is 12.1 Å². The fourth-order valence-electron chi connectivity index (χ4n) is 9.86. The first-order chi connectivity index (χ1) is 38.5. The molecule has 4 fully saturated rings. The fourth-order valence-corrected chi connectivity index (χ4v) is 11.8. The third-order valence-corrected chi connectivity index (χ3v) is 16.2. The Balaban J connectivity index is 1.17. The van der Waals surface area contributed by atoms with Gasteiger partial charge in [0, 0.05) is 63.6 Å². The Morgan fingerprint density at radius 3 is 1.26 bits per heavy atom. The first-order valence-electron chi connectivity index (χ1n) is 26.8. The van der Waals surface area contributed by atoms with Crippen LogP contribution in [0.1, 0.15) is 62.5 Å². The minimum atomic E-state index is -1.16. The molecule has 4 aliphatic heterocycles. The summed E-state index contributed by atoms with van der Waals surface area (Å²) in [5.74, 6) is -5.67. The molecule has 10 amide bonds. The van der Waals surface area contributed by atoms with Crippen LogP contribution in [-0.2, 0) is 60.8 Å². The van der Waals surface area contributed by atoms with Crippen LogP contribution in [0.5, 0.6) is 0 Å². The van der Waals surface area contributed by atoms with Crippen LogP contribution in [0.15, 0.2) is 70.6 Å². The van der Waals surface area contributed by atoms with Crippen molar-refractivity contribution < 1.29 is 47.9 Å². The standard InChI is InChI=1S/C52H74N16O10S2/c53-51(54)57-19-7-15-35-49(77)67-21-9-17-39(67)45(73)63-37(27-33-11-3-1-4-12-33)47(75)65(31-43(71)59-29-41(69)61-35)23-25-79-80-26-24-66-32-44(72)60-30-42(70)62-36(16-8-20-58-52(55)56)50(78)68-22-10-18-40(68)46(74)64-38(48(66)76)28-34-13-5-2-6-14-34/h1-6,11-14,35-40H,7-10,15-32H2,(H,59,71)(H,60,72)(H,61,69)(H,62,70)(H,63,73)(H,64,74)(H4,53,54,57)(H4,55,56,58)/t35-,36-,37-,38-,39-,40-/m0/s1. The second kappa shape index (κ2) is 31.2. The van der Waals surface area contributed by atoms with Gasteiger partial charge in [-0.3, -0.25) is 57.9 Å². The van der Waals surface area contributed by atoms with Crippen LogP contribution >= 0.6 is 21.6 Å². The number of carbonyl (C=O) groups is 10. The zero-order chi connectivity index (χ0) is 57.6. The van der Waals surface area contributed by atoms with Gasteiger partial charge in [0.15, 0.2) is 11.9 Å². The highest BCUT2D eigenvalue weighted by molar-refractivity contribution is 8.76. The molecule has 0 aromatic heterocycles. The van der Waals surface area contributed by atoms with E-state index in [2.05, 4.69) is 41.9 Å². The summed E-state index contributed by atoms with van der Waals surface area (Å²) >= 11 is 0. The van der Waals surface area contributed by atoms with E-state index >= 15 is 0 Å². The first-order valence-corrected chi connectivity index (χ1v) is 29.3. The van der Waals surface area contributed by atoms with Crippen molar-refractivity contribution in [2.24, 2.45) is 32.9 Å². The van der Waals surface area contributed by atoms with Gasteiger partial charge in [0.1, 0.15) is 36.3 Å². The predicted octanol–water partition coefficient (Wildman–Crippen LogP) is -3.20. The lowest BCUT2D eigenvalue weighted by atomic mass is 10.0. The van der Waals surface area contributed by atoms with E-state index in [-0.39, 0.29) is 88.4 Å². The quantitative estimate of drug-likeness (QED) is 0.0287. The van der Waals surface area contributed by atoms with Crippen molar-refractivity contribution in [3.63, 3.8) is 0 Å². The van der Waals surface area contributed by atoms with Crippen LogP contribution in [0.3, 0.4) is 0 Å². The number of rotatable bonds is 19. The van der Waals surface area contributed by atoms with E-state index in [0.717, 1.165) is 11.1 Å². The summed E-state index contributed by atoms with van der Waals surface area (Å²) in [5, 5.41) is 16.3. The smallest absolute Gasteiger partial charge is 0.245 e. The number of aliphatic imine (C=N–C) groups is 2. The Morgan fingerprint density at radius 2 is 0.887 bits per heavy atom. The van der Waals surface area contributed by atoms with Crippen molar-refractivity contribution in [3.8, 4) is 0 Å². The molecule has 0 aliphatic carbocycles. The molecule has 14 N–H and O–H groups in total. The van der Waals surface area contributed by atoms with Crippen molar-refractivity contribution in [3.05, 3.63) is 71.8 Å². The third-order valence-electron chi connectivity index (χ3n) is 13.8. The monoisotopic (exact) mass is 1150 g/mol. The molecule has 0 bridgehead atoms. The van der Waals surface area contributed by atoms with Gasteiger partial charge >= 0.3 is 0 Å². The van der Waals surface area contributed by atoms with E-state index in [1.54, 1.807) is 48.5 Å². The zero-order valence-corrected chi connectivity index (χ0v) is 46.3. The molecule has 26 nitrogen and oxygen atoms in total. The van der Waals surface area contributed by atoms with Gasteiger partial charge in [-0.05, 0) is 62.5 Å². The molecular formula is C52H74N16O10S2. The number of carbonyl (C=O) groups excluding carboxylic acids is 10. The van der Waals surface area contributed by atoms with Crippen molar-refractivity contribution in [2.45, 2.75) is 100 Å². The second-order valence-electron chi connectivity index (χ2n) is 19.7. The maximum Gasteiger partial charge on any atom is 0.245 e. The van der Waals surface area contributed by atoms with Gasteiger partial charge in [-0.2, -0.15) is 0 Å². The molecule has 80 heavy (non-hydrogen) atoms. The number of hydrogen-bond acceptors (Lipinski definition) is 14. The van der Waals surface area contributed by atoms with E-state index < -0.39 is 122 Å². The van der Waals surface area contributed by atoms with Crippen LogP contribution in [0.25, 0.3) is 0 Å². The lowest BCUT2D eigenvalue weighted by Gasteiger charge is -2.31. The number of nitrogens with two attached hydrogens (primary N) is 4. The number of hydrogen-bond donors (Lipinski definition) is 10. The number of fused-ring (bicyclic) bond motifs is 2. The highest BCUT2D eigenvalue weighted by Gasteiger charge is 2.42. The topological polar surface area (TPSA) is 385 Å². The van der Waals surface area contributed by atoms with Crippen LogP contribution in [0, 0.1) is 0 Å². The van der Waals surface area contributed by atoms with Crippen molar-refractivity contribution in [1.29, 1.82) is 0 Å². The molecule has 4 heterocycles. The molecule has 28 heteroatoms. The molecule has 2 aromatic carbocycles. The van der Waals surface area contributed by atoms with Gasteiger partial charge in [-0.1, -0.05) is 82.3 Å². The van der Waals surface area contributed by atoms with Crippen LogP contribution < -0.4 is 54.8 Å². The number of nitrogens with one attached hydrogen (secondary N) is 6.